The van der Waals surface area contributed by atoms with Gasteiger partial charge in [-0.2, -0.15) is 8.78 Å². The average Bonchev–Trinajstić information content (AvgIpc) is 1.86. The lowest BCUT2D eigenvalue weighted by molar-refractivity contribution is -0.273. The maximum absolute atomic E-state index is 11.9. The first kappa shape index (κ1) is 5.46. The van der Waals surface area contributed by atoms with E-state index in [0.29, 0.717) is 6.08 Å². The van der Waals surface area contributed by atoms with Crippen LogP contribution in [-0.4, -0.2) is 16.4 Å². The van der Waals surface area contributed by atoms with Crippen LogP contribution < -0.4 is 5.43 Å². The molecule has 0 radical (unpaired) electrons. The summed E-state index contributed by atoms with van der Waals surface area (Å²) in [4.78, 5) is 0. The molecule has 0 atom stereocenters. The summed E-state index contributed by atoms with van der Waals surface area (Å²) in [5.74, 6) is 0. The Morgan fingerprint density at radius 3 is 2.38 bits per heavy atom. The minimum absolute atomic E-state index is 0.271. The van der Waals surface area contributed by atoms with E-state index in [0.717, 1.165) is 6.20 Å². The Balaban J connectivity index is 2.67. The van der Waals surface area contributed by atoms with E-state index in [-0.39, 0.29) is 5.17 Å². The quantitative estimate of drug-likeness (QED) is 0.453. The monoisotopic (exact) mass is 122 g/mol. The second kappa shape index (κ2) is 1.40. The van der Waals surface area contributed by atoms with Crippen molar-refractivity contribution in [2.24, 2.45) is 0 Å². The average molecular weight is 122 g/mol. The van der Waals surface area contributed by atoms with Crippen LogP contribution in [0.15, 0.2) is 12.3 Å². The van der Waals surface area contributed by atoms with E-state index in [2.05, 4.69) is 0 Å². The molecule has 0 aromatic heterocycles. The van der Waals surface area contributed by atoms with Gasteiger partial charge in [0.25, 0.3) is 0 Å². The van der Waals surface area contributed by atoms with Gasteiger partial charge in [-0.15, -0.1) is 0 Å². The largest absolute Gasteiger partial charge is 0.364 e. The Morgan fingerprint density at radius 2 is 2.25 bits per heavy atom. The van der Waals surface area contributed by atoms with Crippen LogP contribution in [0.1, 0.15) is 0 Å². The fraction of sp³-hybridized carbons (Fsp3) is 0.333. The summed E-state index contributed by atoms with van der Waals surface area (Å²) >= 11 is 0. The third-order valence-corrected chi connectivity index (χ3v) is 0.763. The second-order valence-corrected chi connectivity index (χ2v) is 1.36. The van der Waals surface area contributed by atoms with Crippen molar-refractivity contribution in [3.8, 4) is 0 Å². The third-order valence-electron chi connectivity index (χ3n) is 0.763. The highest BCUT2D eigenvalue weighted by Gasteiger charge is 2.36. The SMILES string of the molecule is ON1NC=CC1(F)F. The molecule has 0 spiro atoms. The highest BCUT2D eigenvalue weighted by atomic mass is 19.3. The van der Waals surface area contributed by atoms with Crippen molar-refractivity contribution in [3.63, 3.8) is 0 Å². The molecule has 0 aromatic rings. The summed E-state index contributed by atoms with van der Waals surface area (Å²) in [6.45, 7) is 0. The van der Waals surface area contributed by atoms with Crippen LogP contribution in [0.3, 0.4) is 0 Å². The highest BCUT2D eigenvalue weighted by molar-refractivity contribution is 4.95. The third kappa shape index (κ3) is 0.654. The molecule has 0 aromatic carbocycles. The van der Waals surface area contributed by atoms with Gasteiger partial charge in [0.15, 0.2) is 0 Å². The molecule has 0 unspecified atom stereocenters. The fourth-order valence-electron chi connectivity index (χ4n) is 0.365. The maximum Gasteiger partial charge on any atom is 0.364 e. The molecule has 0 saturated carbocycles. The molecule has 1 aliphatic heterocycles. The van der Waals surface area contributed by atoms with Crippen LogP contribution in [0.5, 0.6) is 0 Å². The molecule has 46 valence electrons. The first-order valence-electron chi connectivity index (χ1n) is 1.94. The smallest absolute Gasteiger partial charge is 0.298 e. The number of nitrogens with one attached hydrogen (secondary N) is 1. The molecule has 1 aliphatic rings. The molecule has 0 fully saturated rings. The molecule has 2 N–H and O–H groups in total. The van der Waals surface area contributed by atoms with Crippen molar-refractivity contribution in [1.82, 2.24) is 10.6 Å². The zero-order valence-electron chi connectivity index (χ0n) is 3.81. The Hall–Kier alpha value is -0.680. The summed E-state index contributed by atoms with van der Waals surface area (Å²) in [5.41, 5.74) is 1.87. The normalized spacial score (nSPS) is 25.9. The Morgan fingerprint density at radius 1 is 1.62 bits per heavy atom. The number of alkyl halides is 2. The lowest BCUT2D eigenvalue weighted by atomic mass is 10.6. The van der Waals surface area contributed by atoms with Gasteiger partial charge in [-0.3, -0.25) is 10.6 Å². The molecule has 0 bridgehead atoms. The Labute approximate surface area is 44.1 Å². The van der Waals surface area contributed by atoms with Gasteiger partial charge < -0.3 is 0 Å². The van der Waals surface area contributed by atoms with Crippen LogP contribution in [0.2, 0.25) is 0 Å². The zero-order valence-corrected chi connectivity index (χ0v) is 3.81. The summed E-state index contributed by atoms with van der Waals surface area (Å²) in [5, 5.41) is 7.90. The summed E-state index contributed by atoms with van der Waals surface area (Å²) in [7, 11) is 0. The maximum atomic E-state index is 11.9. The van der Waals surface area contributed by atoms with Crippen molar-refractivity contribution in [2.75, 3.05) is 0 Å². The number of nitrogens with zero attached hydrogens (tertiary/aromatic N) is 1. The van der Waals surface area contributed by atoms with Gasteiger partial charge in [-0.25, -0.2) is 0 Å². The van der Waals surface area contributed by atoms with E-state index in [1.54, 1.807) is 0 Å². The van der Waals surface area contributed by atoms with Gasteiger partial charge in [0.2, 0.25) is 0 Å². The first-order chi connectivity index (χ1) is 3.63. The van der Waals surface area contributed by atoms with Crippen LogP contribution in [0.25, 0.3) is 0 Å². The van der Waals surface area contributed by atoms with E-state index < -0.39 is 6.05 Å². The van der Waals surface area contributed by atoms with Crippen molar-refractivity contribution >= 4 is 0 Å². The zero-order chi connectivity index (χ0) is 6.20. The van der Waals surface area contributed by atoms with Crippen molar-refractivity contribution in [3.05, 3.63) is 12.3 Å². The molecule has 8 heavy (non-hydrogen) atoms. The van der Waals surface area contributed by atoms with Gasteiger partial charge >= 0.3 is 6.05 Å². The van der Waals surface area contributed by atoms with Gasteiger partial charge in [0, 0.05) is 12.3 Å². The van der Waals surface area contributed by atoms with Gasteiger partial charge in [0.1, 0.15) is 0 Å². The van der Waals surface area contributed by atoms with E-state index >= 15 is 0 Å². The number of rotatable bonds is 0. The van der Waals surface area contributed by atoms with Gasteiger partial charge in [0.05, 0.1) is 0 Å². The van der Waals surface area contributed by atoms with Crippen molar-refractivity contribution < 1.29 is 14.0 Å². The van der Waals surface area contributed by atoms with Gasteiger partial charge in [-0.1, -0.05) is 0 Å². The van der Waals surface area contributed by atoms with Crippen molar-refractivity contribution in [1.29, 1.82) is 0 Å². The molecule has 3 nitrogen and oxygen atoms in total. The van der Waals surface area contributed by atoms with E-state index in [4.69, 9.17) is 5.21 Å². The number of hydrogen-bond donors (Lipinski definition) is 2. The highest BCUT2D eigenvalue weighted by Crippen LogP contribution is 2.20. The summed E-state index contributed by atoms with van der Waals surface area (Å²) < 4.78 is 23.7. The fourth-order valence-corrected chi connectivity index (χ4v) is 0.365. The Bertz CT molecular complexity index is 124. The van der Waals surface area contributed by atoms with E-state index in [1.807, 2.05) is 5.43 Å². The molecule has 1 heterocycles. The van der Waals surface area contributed by atoms with Gasteiger partial charge in [-0.05, 0) is 5.17 Å². The molecule has 1 rings (SSSR count). The summed E-state index contributed by atoms with van der Waals surface area (Å²) in [6.07, 6.45) is 1.51. The molecular weight excluding hydrogens is 118 g/mol. The molecule has 0 amide bonds. The molecular formula is C3H4F2N2O. The second-order valence-electron chi connectivity index (χ2n) is 1.36. The van der Waals surface area contributed by atoms with Crippen molar-refractivity contribution in [2.45, 2.75) is 6.05 Å². The van der Waals surface area contributed by atoms with E-state index in [9.17, 15) is 8.78 Å². The summed E-state index contributed by atoms with van der Waals surface area (Å²) in [6, 6.07) is -3.25. The minimum Gasteiger partial charge on any atom is -0.298 e. The lowest BCUT2D eigenvalue weighted by Gasteiger charge is -2.14. The number of hydrazine groups is 1. The number of hydrogen-bond acceptors (Lipinski definition) is 3. The lowest BCUT2D eigenvalue weighted by Crippen LogP contribution is -2.39. The Kier molecular flexibility index (Phi) is 0.952. The first-order valence-corrected chi connectivity index (χ1v) is 1.94. The molecule has 5 heteroatoms. The predicted molar refractivity (Wildman–Crippen MR) is 20.8 cm³/mol. The molecule has 0 aliphatic carbocycles. The molecule has 0 saturated heterocycles. The topological polar surface area (TPSA) is 35.5 Å². The van der Waals surface area contributed by atoms with Crippen LogP contribution in [-0.2, 0) is 0 Å². The van der Waals surface area contributed by atoms with Crippen LogP contribution in [0, 0.1) is 0 Å². The minimum atomic E-state index is -3.25. The predicted octanol–water partition coefficient (Wildman–Crippen LogP) is 0.302. The van der Waals surface area contributed by atoms with Crippen LogP contribution >= 0.6 is 0 Å². The standard InChI is InChI=1S/C3H4F2N2O/c4-3(5)1-2-6-7(3)8/h1-2,6,8H. The number of hydroxylamine groups is 1. The van der Waals surface area contributed by atoms with Crippen LogP contribution in [0.4, 0.5) is 8.78 Å². The van der Waals surface area contributed by atoms with E-state index in [1.165, 1.54) is 0 Å². The number of halogens is 2.